The SMILES string of the molecule is COc1ccc(-c2ccc(CNC(=O)c3cn(C4CCNCC4)nn3)cc2)cc1. The molecule has 2 heterocycles. The molecule has 0 spiro atoms. The van der Waals surface area contributed by atoms with Gasteiger partial charge in [0.25, 0.3) is 5.91 Å². The highest BCUT2D eigenvalue weighted by Crippen LogP contribution is 2.22. The maximum atomic E-state index is 12.4. The summed E-state index contributed by atoms with van der Waals surface area (Å²) in [4.78, 5) is 12.4. The Bertz CT molecular complexity index is 944. The highest BCUT2D eigenvalue weighted by atomic mass is 16.5. The Kier molecular flexibility index (Phi) is 5.86. The lowest BCUT2D eigenvalue weighted by Gasteiger charge is -2.22. The Morgan fingerprint density at radius 1 is 1.10 bits per heavy atom. The van der Waals surface area contributed by atoms with Crippen molar-refractivity contribution >= 4 is 5.91 Å². The molecule has 7 nitrogen and oxygen atoms in total. The lowest BCUT2D eigenvalue weighted by Crippen LogP contribution is -2.29. The van der Waals surface area contributed by atoms with Crippen LogP contribution < -0.4 is 15.4 Å². The van der Waals surface area contributed by atoms with Gasteiger partial charge in [-0.1, -0.05) is 41.6 Å². The Morgan fingerprint density at radius 3 is 2.41 bits per heavy atom. The molecule has 1 aliphatic heterocycles. The molecule has 0 aliphatic carbocycles. The van der Waals surface area contributed by atoms with E-state index in [9.17, 15) is 4.79 Å². The zero-order valence-corrected chi connectivity index (χ0v) is 16.5. The number of methoxy groups -OCH3 is 1. The van der Waals surface area contributed by atoms with E-state index >= 15 is 0 Å². The zero-order valence-electron chi connectivity index (χ0n) is 16.5. The van der Waals surface area contributed by atoms with Gasteiger partial charge in [-0.3, -0.25) is 4.79 Å². The van der Waals surface area contributed by atoms with E-state index in [1.54, 1.807) is 13.3 Å². The molecule has 1 amide bonds. The van der Waals surface area contributed by atoms with E-state index in [1.165, 1.54) is 0 Å². The molecule has 0 saturated carbocycles. The van der Waals surface area contributed by atoms with Crippen LogP contribution in [0, 0.1) is 0 Å². The van der Waals surface area contributed by atoms with E-state index in [0.717, 1.165) is 48.4 Å². The van der Waals surface area contributed by atoms with Crippen molar-refractivity contribution in [3.8, 4) is 16.9 Å². The second-order valence-electron chi connectivity index (χ2n) is 7.17. The number of hydrogen-bond donors (Lipinski definition) is 2. The Balaban J connectivity index is 1.33. The van der Waals surface area contributed by atoms with Gasteiger partial charge in [-0.2, -0.15) is 0 Å². The number of rotatable bonds is 6. The number of amides is 1. The highest BCUT2D eigenvalue weighted by molar-refractivity contribution is 5.91. The van der Waals surface area contributed by atoms with Gasteiger partial charge in [0.15, 0.2) is 5.69 Å². The van der Waals surface area contributed by atoms with Gasteiger partial charge >= 0.3 is 0 Å². The molecule has 2 N–H and O–H groups in total. The van der Waals surface area contributed by atoms with E-state index in [4.69, 9.17) is 4.74 Å². The number of benzene rings is 2. The maximum absolute atomic E-state index is 12.4. The summed E-state index contributed by atoms with van der Waals surface area (Å²) < 4.78 is 7.02. The fraction of sp³-hybridized carbons (Fsp3) is 0.318. The summed E-state index contributed by atoms with van der Waals surface area (Å²) in [7, 11) is 1.66. The first-order valence-corrected chi connectivity index (χ1v) is 9.87. The lowest BCUT2D eigenvalue weighted by atomic mass is 10.0. The molecule has 1 fully saturated rings. The third-order valence-corrected chi connectivity index (χ3v) is 5.26. The third-order valence-electron chi connectivity index (χ3n) is 5.26. The minimum absolute atomic E-state index is 0.204. The molecular weight excluding hydrogens is 366 g/mol. The van der Waals surface area contributed by atoms with Crippen LogP contribution in [0.1, 0.15) is 34.9 Å². The molecule has 7 heteroatoms. The van der Waals surface area contributed by atoms with Crippen LogP contribution in [0.2, 0.25) is 0 Å². The Hall–Kier alpha value is -3.19. The minimum Gasteiger partial charge on any atom is -0.497 e. The molecule has 0 unspecified atom stereocenters. The number of hydrogen-bond acceptors (Lipinski definition) is 5. The summed E-state index contributed by atoms with van der Waals surface area (Å²) in [6.45, 7) is 2.39. The summed E-state index contributed by atoms with van der Waals surface area (Å²) in [5.74, 6) is 0.634. The first-order valence-electron chi connectivity index (χ1n) is 9.87. The van der Waals surface area contributed by atoms with Crippen molar-refractivity contribution in [3.63, 3.8) is 0 Å². The summed E-state index contributed by atoms with van der Waals surface area (Å²) in [5.41, 5.74) is 3.63. The maximum Gasteiger partial charge on any atom is 0.273 e. The molecule has 2 aromatic carbocycles. The average Bonchev–Trinajstić information content (AvgIpc) is 3.29. The number of piperidine rings is 1. The van der Waals surface area contributed by atoms with Gasteiger partial charge in [-0.15, -0.1) is 5.10 Å². The predicted octanol–water partition coefficient (Wildman–Crippen LogP) is 2.81. The average molecular weight is 391 g/mol. The molecule has 3 aromatic rings. The van der Waals surface area contributed by atoms with Gasteiger partial charge in [0.1, 0.15) is 5.75 Å². The fourth-order valence-corrected chi connectivity index (χ4v) is 3.50. The summed E-state index contributed by atoms with van der Waals surface area (Å²) in [6.07, 6.45) is 3.76. The first-order chi connectivity index (χ1) is 14.2. The fourth-order valence-electron chi connectivity index (χ4n) is 3.50. The molecular formula is C22H25N5O2. The van der Waals surface area contributed by atoms with Crippen LogP contribution in [0.4, 0.5) is 0 Å². The number of nitrogens with one attached hydrogen (secondary N) is 2. The quantitative estimate of drug-likeness (QED) is 0.675. The molecule has 4 rings (SSSR count). The Morgan fingerprint density at radius 2 is 1.76 bits per heavy atom. The van der Waals surface area contributed by atoms with E-state index in [-0.39, 0.29) is 5.91 Å². The molecule has 1 aliphatic rings. The van der Waals surface area contributed by atoms with Crippen LogP contribution in [0.5, 0.6) is 5.75 Å². The summed E-state index contributed by atoms with van der Waals surface area (Å²) >= 11 is 0. The topological polar surface area (TPSA) is 81.1 Å². The molecule has 0 bridgehead atoms. The largest absolute Gasteiger partial charge is 0.497 e. The van der Waals surface area contributed by atoms with Crippen molar-refractivity contribution in [2.75, 3.05) is 20.2 Å². The smallest absolute Gasteiger partial charge is 0.273 e. The third kappa shape index (κ3) is 4.63. The van der Waals surface area contributed by atoms with Gasteiger partial charge in [-0.25, -0.2) is 4.68 Å². The second kappa shape index (κ2) is 8.87. The summed E-state index contributed by atoms with van der Waals surface area (Å²) in [5, 5.41) is 14.4. The van der Waals surface area contributed by atoms with Crippen LogP contribution >= 0.6 is 0 Å². The van der Waals surface area contributed by atoms with Crippen LogP contribution in [0.15, 0.2) is 54.7 Å². The van der Waals surface area contributed by atoms with Gasteiger partial charge in [0, 0.05) is 6.54 Å². The minimum atomic E-state index is -0.204. The normalized spacial score (nSPS) is 14.5. The number of aromatic nitrogens is 3. The van der Waals surface area contributed by atoms with Crippen molar-refractivity contribution in [2.45, 2.75) is 25.4 Å². The highest BCUT2D eigenvalue weighted by Gasteiger charge is 2.18. The Labute approximate surface area is 170 Å². The van der Waals surface area contributed by atoms with Gasteiger partial charge in [-0.05, 0) is 54.8 Å². The molecule has 29 heavy (non-hydrogen) atoms. The van der Waals surface area contributed by atoms with Crippen molar-refractivity contribution in [1.82, 2.24) is 25.6 Å². The van der Waals surface area contributed by atoms with Gasteiger partial charge < -0.3 is 15.4 Å². The lowest BCUT2D eigenvalue weighted by molar-refractivity contribution is 0.0946. The van der Waals surface area contributed by atoms with Crippen molar-refractivity contribution in [2.24, 2.45) is 0 Å². The van der Waals surface area contributed by atoms with Gasteiger partial charge in [0.2, 0.25) is 0 Å². The number of carbonyl (C=O) groups is 1. The van der Waals surface area contributed by atoms with Crippen LogP contribution in [0.25, 0.3) is 11.1 Å². The zero-order chi connectivity index (χ0) is 20.1. The predicted molar refractivity (Wildman–Crippen MR) is 111 cm³/mol. The standard InChI is InChI=1S/C22H25N5O2/c1-29-20-8-6-18(7-9-20)17-4-2-16(3-5-17)14-24-22(28)21-15-27(26-25-21)19-10-12-23-13-11-19/h2-9,15,19,23H,10-14H2,1H3,(H,24,28). The van der Waals surface area contributed by atoms with Crippen LogP contribution in [-0.2, 0) is 6.54 Å². The number of carbonyl (C=O) groups excluding carboxylic acids is 1. The van der Waals surface area contributed by atoms with Crippen molar-refractivity contribution in [3.05, 3.63) is 66.0 Å². The molecule has 0 radical (unpaired) electrons. The van der Waals surface area contributed by atoms with E-state index in [2.05, 4.69) is 33.1 Å². The van der Waals surface area contributed by atoms with E-state index in [0.29, 0.717) is 18.3 Å². The molecule has 1 aromatic heterocycles. The van der Waals surface area contributed by atoms with E-state index < -0.39 is 0 Å². The van der Waals surface area contributed by atoms with Crippen LogP contribution in [-0.4, -0.2) is 41.1 Å². The molecule has 1 saturated heterocycles. The van der Waals surface area contributed by atoms with Crippen molar-refractivity contribution < 1.29 is 9.53 Å². The number of nitrogens with zero attached hydrogens (tertiary/aromatic N) is 3. The monoisotopic (exact) mass is 391 g/mol. The summed E-state index contributed by atoms with van der Waals surface area (Å²) in [6, 6.07) is 16.4. The molecule has 0 atom stereocenters. The first kappa shape index (κ1) is 19.1. The molecule has 150 valence electrons. The van der Waals surface area contributed by atoms with Gasteiger partial charge in [0.05, 0.1) is 19.3 Å². The van der Waals surface area contributed by atoms with Crippen LogP contribution in [0.3, 0.4) is 0 Å². The second-order valence-corrected chi connectivity index (χ2v) is 7.17. The van der Waals surface area contributed by atoms with E-state index in [1.807, 2.05) is 41.1 Å². The number of ether oxygens (including phenoxy) is 1. The van der Waals surface area contributed by atoms with Crippen molar-refractivity contribution in [1.29, 1.82) is 0 Å².